The van der Waals surface area contributed by atoms with Gasteiger partial charge in [-0.25, -0.2) is 8.78 Å². The lowest BCUT2D eigenvalue weighted by Crippen LogP contribution is -2.50. The Hall–Kier alpha value is -2.64. The average Bonchev–Trinajstić information content (AvgIpc) is 2.85. The molecule has 1 aliphatic rings. The number of benzene rings is 3. The van der Waals surface area contributed by atoms with E-state index in [0.29, 0.717) is 6.61 Å². The van der Waals surface area contributed by atoms with Crippen molar-refractivity contribution in [1.29, 1.82) is 0 Å². The van der Waals surface area contributed by atoms with Crippen LogP contribution in [-0.2, 0) is 11.2 Å². The molecule has 4 nitrogen and oxygen atoms in total. The molecule has 3 aromatic rings. The average molecular weight is 466 g/mol. The standard InChI is InChI=1S/C28H33F2N3O/c29-25-10-6-23(7-11-25)28(24-8-12-26(30)13-9-24)34-19-18-32-14-16-33(17-15-32)21-27(31)20-22-4-2-1-3-5-22/h1-13,27-28H,14-21,31H2/t27-/m0/s1. The highest BCUT2D eigenvalue weighted by molar-refractivity contribution is 5.30. The molecular weight excluding hydrogens is 432 g/mol. The molecule has 3 aromatic carbocycles. The molecule has 1 heterocycles. The molecule has 1 aliphatic heterocycles. The molecule has 0 aromatic heterocycles. The fourth-order valence-corrected chi connectivity index (χ4v) is 4.47. The molecule has 1 saturated heterocycles. The molecule has 0 bridgehead atoms. The van der Waals surface area contributed by atoms with Crippen molar-refractivity contribution in [1.82, 2.24) is 9.80 Å². The highest BCUT2D eigenvalue weighted by atomic mass is 19.1. The van der Waals surface area contributed by atoms with Crippen molar-refractivity contribution in [2.45, 2.75) is 18.6 Å². The van der Waals surface area contributed by atoms with Gasteiger partial charge in [-0.1, -0.05) is 54.6 Å². The topological polar surface area (TPSA) is 41.7 Å². The largest absolute Gasteiger partial charge is 0.367 e. The maximum atomic E-state index is 13.4. The van der Waals surface area contributed by atoms with Gasteiger partial charge in [-0.3, -0.25) is 9.80 Å². The molecule has 1 fully saturated rings. The molecule has 0 unspecified atom stereocenters. The van der Waals surface area contributed by atoms with E-state index in [2.05, 4.69) is 34.1 Å². The Morgan fingerprint density at radius 1 is 0.735 bits per heavy atom. The zero-order valence-electron chi connectivity index (χ0n) is 19.5. The Labute approximate surface area is 200 Å². The minimum atomic E-state index is -0.363. The van der Waals surface area contributed by atoms with Crippen LogP contribution < -0.4 is 5.73 Å². The molecule has 0 saturated carbocycles. The number of rotatable bonds is 10. The highest BCUT2D eigenvalue weighted by Gasteiger charge is 2.20. The molecule has 0 spiro atoms. The van der Waals surface area contributed by atoms with Gasteiger partial charge in [-0.15, -0.1) is 0 Å². The Morgan fingerprint density at radius 3 is 1.82 bits per heavy atom. The summed E-state index contributed by atoms with van der Waals surface area (Å²) in [5.74, 6) is -0.578. The second kappa shape index (κ2) is 12.2. The van der Waals surface area contributed by atoms with Crippen molar-refractivity contribution in [3.63, 3.8) is 0 Å². The first kappa shape index (κ1) is 24.5. The number of hydrogen-bond acceptors (Lipinski definition) is 4. The van der Waals surface area contributed by atoms with Gasteiger partial charge in [0.15, 0.2) is 0 Å². The molecule has 0 radical (unpaired) electrons. The normalized spacial score (nSPS) is 16.1. The van der Waals surface area contributed by atoms with Crippen molar-refractivity contribution < 1.29 is 13.5 Å². The monoisotopic (exact) mass is 465 g/mol. The van der Waals surface area contributed by atoms with E-state index in [1.54, 1.807) is 24.3 Å². The van der Waals surface area contributed by atoms with E-state index >= 15 is 0 Å². The summed E-state index contributed by atoms with van der Waals surface area (Å²) < 4.78 is 33.1. The van der Waals surface area contributed by atoms with E-state index < -0.39 is 0 Å². The first-order valence-corrected chi connectivity index (χ1v) is 11.9. The summed E-state index contributed by atoms with van der Waals surface area (Å²) in [6, 6.07) is 23.1. The summed E-state index contributed by atoms with van der Waals surface area (Å²) in [4.78, 5) is 4.83. The summed E-state index contributed by atoms with van der Waals surface area (Å²) in [6.45, 7) is 6.16. The Kier molecular flexibility index (Phi) is 8.77. The van der Waals surface area contributed by atoms with Gasteiger partial charge in [-0.2, -0.15) is 0 Å². The van der Waals surface area contributed by atoms with E-state index in [4.69, 9.17) is 10.5 Å². The third-order valence-electron chi connectivity index (χ3n) is 6.34. The van der Waals surface area contributed by atoms with E-state index in [0.717, 1.165) is 56.8 Å². The van der Waals surface area contributed by atoms with Crippen molar-refractivity contribution in [3.8, 4) is 0 Å². The van der Waals surface area contributed by atoms with Gasteiger partial charge < -0.3 is 10.5 Å². The number of ether oxygens (including phenoxy) is 1. The van der Waals surface area contributed by atoms with Crippen molar-refractivity contribution in [3.05, 3.63) is 107 Å². The minimum absolute atomic E-state index is 0.129. The van der Waals surface area contributed by atoms with E-state index in [1.807, 2.05) is 6.07 Å². The maximum absolute atomic E-state index is 13.4. The van der Waals surface area contributed by atoms with Gasteiger partial charge in [0, 0.05) is 45.3 Å². The maximum Gasteiger partial charge on any atom is 0.123 e. The number of piperazine rings is 1. The molecular formula is C28H33F2N3O. The van der Waals surface area contributed by atoms with Crippen LogP contribution in [0.1, 0.15) is 22.8 Å². The van der Waals surface area contributed by atoms with Crippen LogP contribution in [-0.4, -0.2) is 61.7 Å². The second-order valence-electron chi connectivity index (χ2n) is 8.95. The Morgan fingerprint density at radius 2 is 1.26 bits per heavy atom. The van der Waals surface area contributed by atoms with Gasteiger partial charge >= 0.3 is 0 Å². The third kappa shape index (κ3) is 7.18. The zero-order valence-corrected chi connectivity index (χ0v) is 19.5. The zero-order chi connectivity index (χ0) is 23.8. The van der Waals surface area contributed by atoms with Crippen LogP contribution in [0, 0.1) is 11.6 Å². The first-order valence-electron chi connectivity index (χ1n) is 11.9. The lowest BCUT2D eigenvalue weighted by Gasteiger charge is -2.36. The molecule has 0 amide bonds. The van der Waals surface area contributed by atoms with Gasteiger partial charge in [-0.05, 0) is 47.4 Å². The number of nitrogens with zero attached hydrogens (tertiary/aromatic N) is 2. The molecule has 4 rings (SSSR count). The van der Waals surface area contributed by atoms with Crippen LogP contribution in [0.4, 0.5) is 8.78 Å². The summed E-state index contributed by atoms with van der Waals surface area (Å²) in [5.41, 5.74) is 9.38. The van der Waals surface area contributed by atoms with Crippen LogP contribution >= 0.6 is 0 Å². The third-order valence-corrected chi connectivity index (χ3v) is 6.34. The highest BCUT2D eigenvalue weighted by Crippen LogP contribution is 2.26. The van der Waals surface area contributed by atoms with Crippen LogP contribution in [0.15, 0.2) is 78.9 Å². The Bertz CT molecular complexity index is 945. The lowest BCUT2D eigenvalue weighted by molar-refractivity contribution is 0.0445. The van der Waals surface area contributed by atoms with Crippen LogP contribution in [0.2, 0.25) is 0 Å². The molecule has 34 heavy (non-hydrogen) atoms. The van der Waals surface area contributed by atoms with Gasteiger partial charge in [0.25, 0.3) is 0 Å². The molecule has 0 aliphatic carbocycles. The van der Waals surface area contributed by atoms with Crippen LogP contribution in [0.5, 0.6) is 0 Å². The quantitative estimate of drug-likeness (QED) is 0.486. The predicted molar refractivity (Wildman–Crippen MR) is 132 cm³/mol. The first-order chi connectivity index (χ1) is 16.6. The van der Waals surface area contributed by atoms with Crippen LogP contribution in [0.25, 0.3) is 0 Å². The van der Waals surface area contributed by atoms with E-state index in [-0.39, 0.29) is 23.8 Å². The van der Waals surface area contributed by atoms with Gasteiger partial charge in [0.1, 0.15) is 17.7 Å². The molecule has 180 valence electrons. The number of halogens is 2. The molecule has 2 N–H and O–H groups in total. The van der Waals surface area contributed by atoms with Gasteiger partial charge in [0.05, 0.1) is 6.61 Å². The van der Waals surface area contributed by atoms with Gasteiger partial charge in [0.2, 0.25) is 0 Å². The molecule has 6 heteroatoms. The van der Waals surface area contributed by atoms with Crippen molar-refractivity contribution >= 4 is 0 Å². The molecule has 1 atom stereocenters. The SMILES string of the molecule is N[C@@H](Cc1ccccc1)CN1CCN(CCOC(c2ccc(F)cc2)c2ccc(F)cc2)CC1. The fraction of sp³-hybridized carbons (Fsp3) is 0.357. The number of hydrogen-bond donors (Lipinski definition) is 1. The van der Waals surface area contributed by atoms with E-state index in [1.165, 1.54) is 29.8 Å². The van der Waals surface area contributed by atoms with Crippen LogP contribution in [0.3, 0.4) is 0 Å². The summed E-state index contributed by atoms with van der Waals surface area (Å²) >= 11 is 0. The van der Waals surface area contributed by atoms with Crippen molar-refractivity contribution in [2.24, 2.45) is 5.73 Å². The smallest absolute Gasteiger partial charge is 0.123 e. The predicted octanol–water partition coefficient (Wildman–Crippen LogP) is 4.26. The Balaban J connectivity index is 1.24. The second-order valence-corrected chi connectivity index (χ2v) is 8.95. The lowest BCUT2D eigenvalue weighted by atomic mass is 10.0. The summed E-state index contributed by atoms with van der Waals surface area (Å²) in [5, 5.41) is 0. The summed E-state index contributed by atoms with van der Waals surface area (Å²) in [7, 11) is 0. The van der Waals surface area contributed by atoms with E-state index in [9.17, 15) is 8.78 Å². The fourth-order valence-electron chi connectivity index (χ4n) is 4.47. The summed E-state index contributed by atoms with van der Waals surface area (Å²) in [6.07, 6.45) is 0.529. The van der Waals surface area contributed by atoms with Crippen molar-refractivity contribution in [2.75, 3.05) is 45.9 Å². The minimum Gasteiger partial charge on any atom is -0.367 e. The number of nitrogens with two attached hydrogens (primary N) is 1.